The third-order valence-electron chi connectivity index (χ3n) is 6.95. The predicted molar refractivity (Wildman–Crippen MR) is 174 cm³/mol. The van der Waals surface area contributed by atoms with Crippen LogP contribution in [-0.2, 0) is 32.7 Å². The van der Waals surface area contributed by atoms with Gasteiger partial charge in [-0.15, -0.1) is 0 Å². The maximum Gasteiger partial charge on any atom is 0.472 e. The highest BCUT2D eigenvalue weighted by molar-refractivity contribution is 7.47. The zero-order valence-electron chi connectivity index (χ0n) is 27.2. The van der Waals surface area contributed by atoms with Gasteiger partial charge in [0, 0.05) is 19.0 Å². The molecule has 0 radical (unpaired) electrons. The van der Waals surface area contributed by atoms with Crippen molar-refractivity contribution >= 4 is 19.8 Å². The summed E-state index contributed by atoms with van der Waals surface area (Å²) in [5, 5.41) is 0. The molecule has 0 heterocycles. The molecule has 0 aliphatic heterocycles. The Balaban J connectivity index is 4.38. The van der Waals surface area contributed by atoms with Crippen LogP contribution in [0.2, 0.25) is 0 Å². The van der Waals surface area contributed by atoms with E-state index in [1.54, 1.807) is 12.2 Å². The van der Waals surface area contributed by atoms with Gasteiger partial charge < -0.3 is 20.1 Å². The zero-order chi connectivity index (χ0) is 31.9. The van der Waals surface area contributed by atoms with Gasteiger partial charge in [-0.1, -0.05) is 135 Å². The molecule has 0 aromatic rings. The number of esters is 2. The molecule has 0 rings (SSSR count). The summed E-state index contributed by atoms with van der Waals surface area (Å²) in [6, 6.07) is 0. The number of allylic oxidation sites excluding steroid dienone is 3. The largest absolute Gasteiger partial charge is 0.472 e. The average molecular weight is 632 g/mol. The number of rotatable bonds is 31. The molecule has 1 unspecified atom stereocenters. The van der Waals surface area contributed by atoms with Gasteiger partial charge >= 0.3 is 19.8 Å². The van der Waals surface area contributed by atoms with Crippen LogP contribution in [-0.4, -0.2) is 49.3 Å². The summed E-state index contributed by atoms with van der Waals surface area (Å²) < 4.78 is 32.2. The third kappa shape index (κ3) is 30.3. The third-order valence-corrected chi connectivity index (χ3v) is 7.93. The fourth-order valence-corrected chi connectivity index (χ4v) is 5.19. The maximum atomic E-state index is 12.3. The summed E-state index contributed by atoms with van der Waals surface area (Å²) in [5.74, 6) is -1.09. The first kappa shape index (κ1) is 41.5. The second-order valence-corrected chi connectivity index (χ2v) is 12.6. The van der Waals surface area contributed by atoms with Gasteiger partial charge in [0.1, 0.15) is 6.61 Å². The van der Waals surface area contributed by atoms with Crippen molar-refractivity contribution in [1.29, 1.82) is 0 Å². The lowest BCUT2D eigenvalue weighted by Gasteiger charge is -2.19. The van der Waals surface area contributed by atoms with Gasteiger partial charge in [0.15, 0.2) is 6.10 Å². The van der Waals surface area contributed by atoms with Crippen molar-refractivity contribution in [3.63, 3.8) is 0 Å². The number of nitrogens with two attached hydrogens (primary N) is 1. The van der Waals surface area contributed by atoms with Gasteiger partial charge in [-0.2, -0.15) is 0 Å². The summed E-state index contributed by atoms with van der Waals surface area (Å²) >= 11 is 0. The van der Waals surface area contributed by atoms with E-state index >= 15 is 0 Å². The standard InChI is InChI=1S/C33H62NO8P/c1-3-5-7-9-11-12-13-14-15-16-17-18-20-22-24-26-33(36)42-31(30-41-43(37,38)40-28-27-34)29-39-32(35)25-23-21-19-10-8-6-4-2/h20,22,24,26,31H,3-19,21,23,25,27-30,34H2,1-2H3,(H,37,38)/b22-20+,26-24+/t31-/m1/s1. The normalized spacial score (nSPS) is 13.9. The first-order valence-corrected chi connectivity index (χ1v) is 18.4. The topological polar surface area (TPSA) is 134 Å². The van der Waals surface area contributed by atoms with Crippen molar-refractivity contribution in [2.45, 2.75) is 148 Å². The monoisotopic (exact) mass is 631 g/mol. The molecule has 0 saturated heterocycles. The molecule has 0 bridgehead atoms. The molecule has 252 valence electrons. The van der Waals surface area contributed by atoms with Crippen molar-refractivity contribution < 1.29 is 37.6 Å². The highest BCUT2D eigenvalue weighted by Gasteiger charge is 2.25. The second kappa shape index (κ2) is 30.5. The van der Waals surface area contributed by atoms with Crippen molar-refractivity contribution in [2.75, 3.05) is 26.4 Å². The number of phosphoric acid groups is 1. The highest BCUT2D eigenvalue weighted by atomic mass is 31.2. The molecule has 10 heteroatoms. The molecular weight excluding hydrogens is 569 g/mol. The van der Waals surface area contributed by atoms with E-state index in [9.17, 15) is 19.0 Å². The molecule has 43 heavy (non-hydrogen) atoms. The smallest absolute Gasteiger partial charge is 0.462 e. The van der Waals surface area contributed by atoms with Gasteiger partial charge in [0.05, 0.1) is 13.2 Å². The number of hydrogen-bond acceptors (Lipinski definition) is 8. The minimum absolute atomic E-state index is 0.0418. The van der Waals surface area contributed by atoms with Crippen LogP contribution in [0.4, 0.5) is 0 Å². The molecule has 0 fully saturated rings. The molecular formula is C33H62NO8P. The van der Waals surface area contributed by atoms with Gasteiger partial charge in [0.2, 0.25) is 0 Å². The SMILES string of the molecule is CCCCCCCCCCCCC/C=C/C=C/C(=O)O[C@H](COC(=O)CCCCCCCCC)COP(=O)(O)OCCN. The van der Waals surface area contributed by atoms with E-state index in [4.69, 9.17) is 24.3 Å². The minimum Gasteiger partial charge on any atom is -0.462 e. The Bertz CT molecular complexity index is 774. The van der Waals surface area contributed by atoms with E-state index in [1.165, 1.54) is 89.5 Å². The Morgan fingerprint density at radius 1 is 0.744 bits per heavy atom. The van der Waals surface area contributed by atoms with E-state index in [0.29, 0.717) is 0 Å². The number of unbranched alkanes of at least 4 members (excludes halogenated alkanes) is 17. The Kier molecular flexibility index (Phi) is 29.4. The van der Waals surface area contributed by atoms with Gasteiger partial charge in [-0.3, -0.25) is 13.8 Å². The highest BCUT2D eigenvalue weighted by Crippen LogP contribution is 2.43. The number of hydrogen-bond donors (Lipinski definition) is 2. The van der Waals surface area contributed by atoms with Crippen LogP contribution in [0, 0.1) is 0 Å². The first-order chi connectivity index (χ1) is 20.8. The van der Waals surface area contributed by atoms with Crippen LogP contribution in [0.1, 0.15) is 142 Å². The Labute approximate surface area is 261 Å². The van der Waals surface area contributed by atoms with Crippen molar-refractivity contribution in [3.05, 3.63) is 24.3 Å². The van der Waals surface area contributed by atoms with Gasteiger partial charge in [-0.05, 0) is 19.3 Å². The van der Waals surface area contributed by atoms with Crippen molar-refractivity contribution in [1.82, 2.24) is 0 Å². The molecule has 0 spiro atoms. The average Bonchev–Trinajstić information content (AvgIpc) is 2.99. The fourth-order valence-electron chi connectivity index (χ4n) is 4.42. The Morgan fingerprint density at radius 2 is 1.28 bits per heavy atom. The summed E-state index contributed by atoms with van der Waals surface area (Å²) in [6.07, 6.45) is 28.6. The molecule has 3 N–H and O–H groups in total. The fraction of sp³-hybridized carbons (Fsp3) is 0.818. The predicted octanol–water partition coefficient (Wildman–Crippen LogP) is 8.49. The van der Waals surface area contributed by atoms with Crippen LogP contribution in [0.5, 0.6) is 0 Å². The molecule has 0 saturated carbocycles. The minimum atomic E-state index is -4.38. The second-order valence-electron chi connectivity index (χ2n) is 11.1. The first-order valence-electron chi connectivity index (χ1n) is 16.9. The molecule has 0 aliphatic rings. The van der Waals surface area contributed by atoms with Crippen LogP contribution >= 0.6 is 7.82 Å². The summed E-state index contributed by atoms with van der Waals surface area (Å²) in [4.78, 5) is 34.3. The molecule has 0 aliphatic carbocycles. The molecule has 9 nitrogen and oxygen atoms in total. The molecule has 0 aromatic heterocycles. The molecule has 0 amide bonds. The molecule has 0 aromatic carbocycles. The van der Waals surface area contributed by atoms with Gasteiger partial charge in [-0.25, -0.2) is 9.36 Å². The maximum absolute atomic E-state index is 12.3. The van der Waals surface area contributed by atoms with E-state index in [1.807, 2.05) is 6.08 Å². The van der Waals surface area contributed by atoms with Crippen molar-refractivity contribution in [3.8, 4) is 0 Å². The molecule has 2 atom stereocenters. The van der Waals surface area contributed by atoms with E-state index < -0.39 is 32.5 Å². The van der Waals surface area contributed by atoms with Crippen LogP contribution in [0.15, 0.2) is 24.3 Å². The van der Waals surface area contributed by atoms with E-state index in [0.717, 1.165) is 38.5 Å². The summed E-state index contributed by atoms with van der Waals surface area (Å²) in [6.45, 7) is 3.53. The number of carbonyl (C=O) groups is 2. The number of ether oxygens (including phenoxy) is 2. The lowest BCUT2D eigenvalue weighted by atomic mass is 10.1. The van der Waals surface area contributed by atoms with Gasteiger partial charge in [0.25, 0.3) is 0 Å². The number of carbonyl (C=O) groups excluding carboxylic acids is 2. The zero-order valence-corrected chi connectivity index (χ0v) is 28.1. The lowest BCUT2D eigenvalue weighted by Crippen LogP contribution is -2.29. The van der Waals surface area contributed by atoms with E-state index in [-0.39, 0.29) is 26.2 Å². The summed E-state index contributed by atoms with van der Waals surface area (Å²) in [5.41, 5.74) is 5.30. The lowest BCUT2D eigenvalue weighted by molar-refractivity contribution is -0.157. The summed E-state index contributed by atoms with van der Waals surface area (Å²) in [7, 11) is -4.38. The van der Waals surface area contributed by atoms with Crippen LogP contribution < -0.4 is 5.73 Å². The Morgan fingerprint density at radius 3 is 1.84 bits per heavy atom. The van der Waals surface area contributed by atoms with E-state index in [2.05, 4.69) is 13.8 Å². The quantitative estimate of drug-likeness (QED) is 0.0254. The van der Waals surface area contributed by atoms with Crippen molar-refractivity contribution in [2.24, 2.45) is 5.73 Å². The number of phosphoric ester groups is 1. The van der Waals surface area contributed by atoms with Crippen LogP contribution in [0.3, 0.4) is 0 Å². The van der Waals surface area contributed by atoms with Crippen LogP contribution in [0.25, 0.3) is 0 Å². The Hall–Kier alpha value is -1.51.